The topological polar surface area (TPSA) is 75.3 Å². The van der Waals surface area contributed by atoms with Crippen LogP contribution in [0.3, 0.4) is 0 Å². The predicted octanol–water partition coefficient (Wildman–Crippen LogP) is 3.93. The summed E-state index contributed by atoms with van der Waals surface area (Å²) in [7, 11) is 0. The van der Waals surface area contributed by atoms with E-state index in [4.69, 9.17) is 4.52 Å². The normalized spacial score (nSPS) is 11.3. The number of nitrogens with one attached hydrogen (secondary N) is 2. The maximum atomic E-state index is 5.27. The Balaban J connectivity index is 0.00000364. The molecule has 1 aromatic carbocycles. The molecule has 0 amide bonds. The highest BCUT2D eigenvalue weighted by atomic mass is 127. The first-order chi connectivity index (χ1) is 12.7. The van der Waals surface area contributed by atoms with Gasteiger partial charge in [0, 0.05) is 32.0 Å². The molecule has 1 heterocycles. The molecule has 0 atom stereocenters. The summed E-state index contributed by atoms with van der Waals surface area (Å²) in [5.41, 5.74) is 1.36. The summed E-state index contributed by atoms with van der Waals surface area (Å²) in [6.45, 7) is 8.69. The van der Waals surface area contributed by atoms with Crippen LogP contribution in [-0.4, -0.2) is 35.7 Å². The van der Waals surface area contributed by atoms with Crippen molar-refractivity contribution in [3.8, 4) is 0 Å². The van der Waals surface area contributed by atoms with Crippen LogP contribution in [0.2, 0.25) is 0 Å². The van der Waals surface area contributed by atoms with Crippen LogP contribution < -0.4 is 10.6 Å². The summed E-state index contributed by atoms with van der Waals surface area (Å²) in [5.74, 6) is 2.66. The third-order valence-corrected chi connectivity index (χ3v) is 3.94. The SMILES string of the molecule is CCNC(=NCCCc1ccccc1)NCCCc1nc(C(C)C)no1.I. The number of aryl methyl sites for hydroxylation is 2. The molecule has 0 aliphatic heterocycles. The van der Waals surface area contributed by atoms with E-state index in [-0.39, 0.29) is 24.0 Å². The van der Waals surface area contributed by atoms with Crippen LogP contribution in [0.5, 0.6) is 0 Å². The minimum atomic E-state index is 0. The van der Waals surface area contributed by atoms with Crippen molar-refractivity contribution in [3.05, 3.63) is 47.6 Å². The summed E-state index contributed by atoms with van der Waals surface area (Å²) in [4.78, 5) is 9.04. The molecule has 0 fully saturated rings. The smallest absolute Gasteiger partial charge is 0.226 e. The number of benzene rings is 1. The Morgan fingerprint density at radius 3 is 2.56 bits per heavy atom. The Kier molecular flexibility index (Phi) is 11.7. The van der Waals surface area contributed by atoms with Gasteiger partial charge in [-0.1, -0.05) is 49.3 Å². The van der Waals surface area contributed by atoms with Crippen molar-refractivity contribution < 1.29 is 4.52 Å². The molecule has 0 spiro atoms. The number of rotatable bonds is 10. The van der Waals surface area contributed by atoms with Crippen LogP contribution in [0.4, 0.5) is 0 Å². The third kappa shape index (κ3) is 9.21. The zero-order valence-electron chi connectivity index (χ0n) is 16.6. The Morgan fingerprint density at radius 2 is 1.89 bits per heavy atom. The first-order valence-electron chi connectivity index (χ1n) is 9.57. The number of halogens is 1. The van der Waals surface area contributed by atoms with Crippen LogP contribution in [0.25, 0.3) is 0 Å². The van der Waals surface area contributed by atoms with Crippen LogP contribution in [0.15, 0.2) is 39.8 Å². The van der Waals surface area contributed by atoms with E-state index in [0.717, 1.165) is 57.1 Å². The number of hydrogen-bond donors (Lipinski definition) is 2. The molecule has 0 saturated carbocycles. The second-order valence-electron chi connectivity index (χ2n) is 6.58. The van der Waals surface area contributed by atoms with Crippen molar-refractivity contribution in [2.75, 3.05) is 19.6 Å². The number of nitrogens with zero attached hydrogens (tertiary/aromatic N) is 3. The lowest BCUT2D eigenvalue weighted by atomic mass is 10.1. The zero-order valence-corrected chi connectivity index (χ0v) is 18.9. The molecule has 27 heavy (non-hydrogen) atoms. The van der Waals surface area contributed by atoms with Crippen molar-refractivity contribution in [2.24, 2.45) is 4.99 Å². The fourth-order valence-electron chi connectivity index (χ4n) is 2.51. The van der Waals surface area contributed by atoms with E-state index in [9.17, 15) is 0 Å². The van der Waals surface area contributed by atoms with E-state index in [0.29, 0.717) is 11.8 Å². The van der Waals surface area contributed by atoms with Crippen LogP contribution >= 0.6 is 24.0 Å². The minimum Gasteiger partial charge on any atom is -0.357 e. The lowest BCUT2D eigenvalue weighted by molar-refractivity contribution is 0.368. The summed E-state index contributed by atoms with van der Waals surface area (Å²) < 4.78 is 5.27. The van der Waals surface area contributed by atoms with Gasteiger partial charge < -0.3 is 15.2 Å². The largest absolute Gasteiger partial charge is 0.357 e. The molecule has 150 valence electrons. The lowest BCUT2D eigenvalue weighted by Crippen LogP contribution is -2.38. The van der Waals surface area contributed by atoms with Gasteiger partial charge in [0.25, 0.3) is 0 Å². The first kappa shape index (κ1) is 23.4. The standard InChI is InChI=1S/C20H31N5O.HI/c1-4-21-20(22-14-8-12-17-10-6-5-7-11-17)23-15-9-13-18-24-19(16(2)3)25-26-18;/h5-7,10-11,16H,4,8-9,12-15H2,1-3H3,(H2,21,22,23);1H. The molecule has 0 saturated heterocycles. The highest BCUT2D eigenvalue weighted by molar-refractivity contribution is 14.0. The molecule has 6 nitrogen and oxygen atoms in total. The molecule has 0 unspecified atom stereocenters. The average molecular weight is 485 g/mol. The fourth-order valence-corrected chi connectivity index (χ4v) is 2.51. The van der Waals surface area contributed by atoms with Crippen molar-refractivity contribution in [3.63, 3.8) is 0 Å². The Morgan fingerprint density at radius 1 is 1.11 bits per heavy atom. The summed E-state index contributed by atoms with van der Waals surface area (Å²) in [6.07, 6.45) is 3.80. The predicted molar refractivity (Wildman–Crippen MR) is 121 cm³/mol. The Hall–Kier alpha value is -1.64. The van der Waals surface area contributed by atoms with Gasteiger partial charge in [-0.2, -0.15) is 4.98 Å². The van der Waals surface area contributed by atoms with Gasteiger partial charge in [0.1, 0.15) is 0 Å². The summed E-state index contributed by atoms with van der Waals surface area (Å²) >= 11 is 0. The van der Waals surface area contributed by atoms with Crippen molar-refractivity contribution in [1.29, 1.82) is 0 Å². The van der Waals surface area contributed by atoms with Crippen molar-refractivity contribution >= 4 is 29.9 Å². The first-order valence-corrected chi connectivity index (χ1v) is 9.57. The van der Waals surface area contributed by atoms with Gasteiger partial charge in [-0.05, 0) is 31.7 Å². The third-order valence-electron chi connectivity index (χ3n) is 3.94. The minimum absolute atomic E-state index is 0. The van der Waals surface area contributed by atoms with E-state index in [1.54, 1.807) is 0 Å². The number of guanidine groups is 1. The highest BCUT2D eigenvalue weighted by Gasteiger charge is 2.09. The molecule has 2 N–H and O–H groups in total. The fraction of sp³-hybridized carbons (Fsp3) is 0.550. The van der Waals surface area contributed by atoms with Crippen LogP contribution in [-0.2, 0) is 12.8 Å². The lowest BCUT2D eigenvalue weighted by Gasteiger charge is -2.10. The van der Waals surface area contributed by atoms with Gasteiger partial charge in [-0.3, -0.25) is 4.99 Å². The molecule has 7 heteroatoms. The van der Waals surface area contributed by atoms with Gasteiger partial charge in [0.15, 0.2) is 11.8 Å². The van der Waals surface area contributed by atoms with Crippen LogP contribution in [0, 0.1) is 0 Å². The maximum absolute atomic E-state index is 5.27. The molecular formula is C20H32IN5O. The second-order valence-corrected chi connectivity index (χ2v) is 6.58. The van der Waals surface area contributed by atoms with E-state index in [1.165, 1.54) is 5.56 Å². The average Bonchev–Trinajstić information content (AvgIpc) is 3.12. The summed E-state index contributed by atoms with van der Waals surface area (Å²) in [6, 6.07) is 10.5. The Labute approximate surface area is 179 Å². The van der Waals surface area contributed by atoms with E-state index in [2.05, 4.69) is 70.8 Å². The maximum Gasteiger partial charge on any atom is 0.226 e. The van der Waals surface area contributed by atoms with Gasteiger partial charge in [0.05, 0.1) is 0 Å². The van der Waals surface area contributed by atoms with Gasteiger partial charge in [-0.25, -0.2) is 0 Å². The van der Waals surface area contributed by atoms with Gasteiger partial charge in [0.2, 0.25) is 5.89 Å². The van der Waals surface area contributed by atoms with E-state index < -0.39 is 0 Å². The molecule has 0 radical (unpaired) electrons. The molecule has 0 aliphatic carbocycles. The van der Waals surface area contributed by atoms with E-state index in [1.807, 2.05) is 6.07 Å². The Bertz CT molecular complexity index is 657. The van der Waals surface area contributed by atoms with Crippen molar-refractivity contribution in [1.82, 2.24) is 20.8 Å². The highest BCUT2D eigenvalue weighted by Crippen LogP contribution is 2.10. The molecule has 0 bridgehead atoms. The zero-order chi connectivity index (χ0) is 18.6. The molecule has 2 rings (SSSR count). The summed E-state index contributed by atoms with van der Waals surface area (Å²) in [5, 5.41) is 10.6. The number of aliphatic imine (C=N–C) groups is 1. The van der Waals surface area contributed by atoms with E-state index >= 15 is 0 Å². The molecule has 2 aromatic rings. The molecule has 0 aliphatic rings. The van der Waals surface area contributed by atoms with Gasteiger partial charge >= 0.3 is 0 Å². The quantitative estimate of drug-likeness (QED) is 0.231. The molecule has 1 aromatic heterocycles. The number of aromatic nitrogens is 2. The van der Waals surface area contributed by atoms with Gasteiger partial charge in [-0.15, -0.1) is 24.0 Å². The molecular weight excluding hydrogens is 453 g/mol. The second kappa shape index (κ2) is 13.5. The van der Waals surface area contributed by atoms with Crippen LogP contribution in [0.1, 0.15) is 56.8 Å². The van der Waals surface area contributed by atoms with Crippen molar-refractivity contribution in [2.45, 2.75) is 52.4 Å². The number of hydrogen-bond acceptors (Lipinski definition) is 4. The monoisotopic (exact) mass is 485 g/mol.